The van der Waals surface area contributed by atoms with Crippen molar-refractivity contribution >= 4 is 34.8 Å². The van der Waals surface area contributed by atoms with Gasteiger partial charge in [-0.15, -0.1) is 0 Å². The highest BCUT2D eigenvalue weighted by Crippen LogP contribution is 2.31. The van der Waals surface area contributed by atoms with Gasteiger partial charge in [-0.05, 0) is 49.6 Å². The van der Waals surface area contributed by atoms with E-state index in [0.717, 1.165) is 18.4 Å². The van der Waals surface area contributed by atoms with E-state index >= 15 is 0 Å². The zero-order valence-electron chi connectivity index (χ0n) is 13.8. The molecular weight excluding hydrogens is 340 g/mol. The molecule has 130 valence electrons. The van der Waals surface area contributed by atoms with Crippen LogP contribution in [-0.2, 0) is 9.59 Å². The second kappa shape index (κ2) is 7.57. The number of amides is 2. The van der Waals surface area contributed by atoms with Crippen molar-refractivity contribution in [3.63, 3.8) is 0 Å². The lowest BCUT2D eigenvalue weighted by Crippen LogP contribution is -2.20. The fraction of sp³-hybridized carbons (Fsp3) is 0.263. The first-order valence-corrected chi connectivity index (χ1v) is 8.49. The second-order valence-electron chi connectivity index (χ2n) is 6.06. The molecule has 0 spiro atoms. The Bertz CT molecular complexity index is 803. The number of ether oxygens (including phenoxy) is 1. The van der Waals surface area contributed by atoms with E-state index in [0.29, 0.717) is 22.1 Å². The van der Waals surface area contributed by atoms with Crippen molar-refractivity contribution in [2.75, 3.05) is 17.2 Å². The molecule has 0 radical (unpaired) electrons. The molecule has 6 heteroatoms. The van der Waals surface area contributed by atoms with Crippen LogP contribution in [0.5, 0.6) is 5.75 Å². The molecule has 2 amide bonds. The van der Waals surface area contributed by atoms with Crippen molar-refractivity contribution in [3.8, 4) is 5.75 Å². The molecule has 0 saturated heterocycles. The molecule has 5 nitrogen and oxygen atoms in total. The Morgan fingerprint density at radius 2 is 1.92 bits per heavy atom. The van der Waals surface area contributed by atoms with E-state index < -0.39 is 0 Å². The van der Waals surface area contributed by atoms with E-state index in [-0.39, 0.29) is 24.3 Å². The van der Waals surface area contributed by atoms with E-state index in [1.165, 1.54) is 0 Å². The van der Waals surface area contributed by atoms with Crippen LogP contribution in [0, 0.1) is 12.8 Å². The fourth-order valence-electron chi connectivity index (χ4n) is 2.32. The molecule has 2 aromatic rings. The normalized spacial score (nSPS) is 13.2. The van der Waals surface area contributed by atoms with Crippen molar-refractivity contribution in [1.82, 2.24) is 0 Å². The van der Waals surface area contributed by atoms with Gasteiger partial charge in [0.05, 0.1) is 5.02 Å². The summed E-state index contributed by atoms with van der Waals surface area (Å²) < 4.78 is 5.42. The minimum Gasteiger partial charge on any atom is -0.482 e. The summed E-state index contributed by atoms with van der Waals surface area (Å²) in [6.07, 6.45) is 1.89. The summed E-state index contributed by atoms with van der Waals surface area (Å²) in [4.78, 5) is 24.0. The first-order valence-electron chi connectivity index (χ1n) is 8.11. The average Bonchev–Trinajstić information content (AvgIpc) is 3.42. The molecule has 2 aromatic carbocycles. The topological polar surface area (TPSA) is 67.4 Å². The maximum Gasteiger partial charge on any atom is 0.262 e. The highest BCUT2D eigenvalue weighted by molar-refractivity contribution is 6.32. The van der Waals surface area contributed by atoms with E-state index in [9.17, 15) is 9.59 Å². The Morgan fingerprint density at radius 3 is 2.64 bits per heavy atom. The maximum atomic E-state index is 12.1. The van der Waals surface area contributed by atoms with Crippen molar-refractivity contribution in [1.29, 1.82) is 0 Å². The largest absolute Gasteiger partial charge is 0.482 e. The van der Waals surface area contributed by atoms with Gasteiger partial charge < -0.3 is 15.4 Å². The number of halogens is 1. The smallest absolute Gasteiger partial charge is 0.262 e. The Labute approximate surface area is 151 Å². The third-order valence-corrected chi connectivity index (χ3v) is 4.24. The van der Waals surface area contributed by atoms with E-state index in [4.69, 9.17) is 16.3 Å². The number of aryl methyl sites for hydroxylation is 1. The van der Waals surface area contributed by atoms with E-state index in [1.54, 1.807) is 36.4 Å². The van der Waals surface area contributed by atoms with Crippen molar-refractivity contribution in [2.24, 2.45) is 5.92 Å². The summed E-state index contributed by atoms with van der Waals surface area (Å²) in [7, 11) is 0. The van der Waals surface area contributed by atoms with Gasteiger partial charge in [0.15, 0.2) is 6.61 Å². The Balaban J connectivity index is 1.59. The van der Waals surface area contributed by atoms with Crippen molar-refractivity contribution < 1.29 is 14.3 Å². The number of carbonyl (C=O) groups excluding carboxylic acids is 2. The molecule has 1 aliphatic carbocycles. The lowest BCUT2D eigenvalue weighted by molar-refractivity contribution is -0.118. The zero-order chi connectivity index (χ0) is 17.8. The highest BCUT2D eigenvalue weighted by atomic mass is 35.5. The summed E-state index contributed by atoms with van der Waals surface area (Å²) >= 11 is 5.99. The molecule has 25 heavy (non-hydrogen) atoms. The lowest BCUT2D eigenvalue weighted by Gasteiger charge is -2.12. The van der Waals surface area contributed by atoms with Crippen LogP contribution in [0.15, 0.2) is 42.5 Å². The Kier molecular flexibility index (Phi) is 5.24. The molecule has 1 aliphatic rings. The van der Waals surface area contributed by atoms with Crippen LogP contribution in [0.2, 0.25) is 5.02 Å². The summed E-state index contributed by atoms with van der Waals surface area (Å²) in [6, 6.07) is 12.4. The maximum absolute atomic E-state index is 12.1. The van der Waals surface area contributed by atoms with Crippen molar-refractivity contribution in [3.05, 3.63) is 53.1 Å². The summed E-state index contributed by atoms with van der Waals surface area (Å²) in [5.41, 5.74) is 2.26. The van der Waals surface area contributed by atoms with E-state index in [1.807, 2.05) is 13.0 Å². The van der Waals surface area contributed by atoms with Crippen LogP contribution in [0.25, 0.3) is 0 Å². The van der Waals surface area contributed by atoms with Crippen LogP contribution in [0.1, 0.15) is 18.4 Å². The number of para-hydroxylation sites is 1. The molecule has 0 aliphatic heterocycles. The van der Waals surface area contributed by atoms with Gasteiger partial charge in [-0.25, -0.2) is 0 Å². The first kappa shape index (κ1) is 17.3. The third-order valence-electron chi connectivity index (χ3n) is 3.92. The van der Waals surface area contributed by atoms with Gasteiger partial charge in [-0.1, -0.05) is 29.8 Å². The van der Waals surface area contributed by atoms with Gasteiger partial charge in [0.2, 0.25) is 5.91 Å². The van der Waals surface area contributed by atoms with E-state index in [2.05, 4.69) is 10.6 Å². The summed E-state index contributed by atoms with van der Waals surface area (Å²) in [5, 5.41) is 6.13. The average molecular weight is 359 g/mol. The van der Waals surface area contributed by atoms with Crippen LogP contribution in [-0.4, -0.2) is 18.4 Å². The van der Waals surface area contributed by atoms with Gasteiger partial charge >= 0.3 is 0 Å². The number of anilines is 2. The standard InChI is InChI=1S/C19H19ClN2O3/c1-12-6-9-14(10-16(12)22-19(24)13-7-8-13)21-18(23)11-25-17-5-3-2-4-15(17)20/h2-6,9-10,13H,7-8,11H2,1H3,(H,21,23)(H,22,24). The SMILES string of the molecule is Cc1ccc(NC(=O)COc2ccccc2Cl)cc1NC(=O)C1CC1. The Morgan fingerprint density at radius 1 is 1.16 bits per heavy atom. The molecule has 0 aromatic heterocycles. The summed E-state index contributed by atoms with van der Waals surface area (Å²) in [5.74, 6) is 0.319. The Hall–Kier alpha value is -2.53. The zero-order valence-corrected chi connectivity index (χ0v) is 14.6. The minimum absolute atomic E-state index is 0.0358. The first-order chi connectivity index (χ1) is 12.0. The molecule has 0 atom stereocenters. The predicted molar refractivity (Wildman–Crippen MR) is 98.1 cm³/mol. The predicted octanol–water partition coefficient (Wildman–Crippen LogP) is 4.01. The van der Waals surface area contributed by atoms with Gasteiger partial charge in [0.25, 0.3) is 5.91 Å². The molecule has 3 rings (SSSR count). The number of benzene rings is 2. The van der Waals surface area contributed by atoms with Crippen molar-refractivity contribution in [2.45, 2.75) is 19.8 Å². The quantitative estimate of drug-likeness (QED) is 0.819. The third kappa shape index (κ3) is 4.73. The monoisotopic (exact) mass is 358 g/mol. The number of hydrogen-bond donors (Lipinski definition) is 2. The molecule has 1 saturated carbocycles. The minimum atomic E-state index is -0.303. The van der Waals surface area contributed by atoms with Gasteiger partial charge in [0.1, 0.15) is 5.75 Å². The highest BCUT2D eigenvalue weighted by Gasteiger charge is 2.29. The number of rotatable bonds is 6. The second-order valence-corrected chi connectivity index (χ2v) is 6.47. The molecule has 0 heterocycles. The summed E-state index contributed by atoms with van der Waals surface area (Å²) in [6.45, 7) is 1.76. The fourth-order valence-corrected chi connectivity index (χ4v) is 2.51. The molecule has 0 bridgehead atoms. The number of carbonyl (C=O) groups is 2. The number of hydrogen-bond acceptors (Lipinski definition) is 3. The molecule has 2 N–H and O–H groups in total. The van der Waals surface area contributed by atoms with Crippen LogP contribution < -0.4 is 15.4 Å². The molecule has 0 unspecified atom stereocenters. The molecule has 1 fully saturated rings. The van der Waals surface area contributed by atoms with Crippen LogP contribution >= 0.6 is 11.6 Å². The lowest BCUT2D eigenvalue weighted by atomic mass is 10.1. The van der Waals surface area contributed by atoms with Gasteiger partial charge in [0, 0.05) is 17.3 Å². The number of nitrogens with one attached hydrogen (secondary N) is 2. The van der Waals surface area contributed by atoms with Crippen LogP contribution in [0.3, 0.4) is 0 Å². The van der Waals surface area contributed by atoms with Gasteiger partial charge in [-0.2, -0.15) is 0 Å². The molecular formula is C19H19ClN2O3. The van der Waals surface area contributed by atoms with Gasteiger partial charge in [-0.3, -0.25) is 9.59 Å². The van der Waals surface area contributed by atoms with Crippen LogP contribution in [0.4, 0.5) is 11.4 Å².